The van der Waals surface area contributed by atoms with E-state index in [0.717, 1.165) is 25.9 Å². The van der Waals surface area contributed by atoms with Crippen LogP contribution in [0.25, 0.3) is 0 Å². The maximum atomic E-state index is 9.73. The number of hydrogen-bond donors (Lipinski definition) is 1. The van der Waals surface area contributed by atoms with Crippen LogP contribution in [-0.4, -0.2) is 23.9 Å². The molecule has 0 bridgehead atoms. The molecule has 0 spiro atoms. The van der Waals surface area contributed by atoms with Gasteiger partial charge in [-0.05, 0) is 31.1 Å². The summed E-state index contributed by atoms with van der Waals surface area (Å²) in [7, 11) is 0. The van der Waals surface area contributed by atoms with Gasteiger partial charge in [-0.3, -0.25) is 0 Å². The van der Waals surface area contributed by atoms with Crippen molar-refractivity contribution in [3.05, 3.63) is 0 Å². The van der Waals surface area contributed by atoms with Gasteiger partial charge in [0.15, 0.2) is 0 Å². The summed E-state index contributed by atoms with van der Waals surface area (Å²) in [6, 6.07) is 0. The fraction of sp³-hybridized carbons (Fsp3) is 1.00. The van der Waals surface area contributed by atoms with E-state index in [9.17, 15) is 5.11 Å². The van der Waals surface area contributed by atoms with Gasteiger partial charge in [0.2, 0.25) is 0 Å². The van der Waals surface area contributed by atoms with E-state index in [1.165, 1.54) is 0 Å². The molecule has 1 rings (SSSR count). The molecular weight excluding hydrogens is 164 g/mol. The Hall–Kier alpha value is -0.0800. The third-order valence-electron chi connectivity index (χ3n) is 2.99. The second-order valence-corrected chi connectivity index (χ2v) is 4.41. The highest BCUT2D eigenvalue weighted by Gasteiger charge is 2.31. The van der Waals surface area contributed by atoms with E-state index in [-0.39, 0.29) is 6.10 Å². The minimum Gasteiger partial charge on any atom is -0.393 e. The summed E-state index contributed by atoms with van der Waals surface area (Å²) < 4.78 is 5.71. The first-order valence-corrected chi connectivity index (χ1v) is 5.44. The minimum atomic E-state index is -0.124. The number of aliphatic hydroxyl groups is 1. The SMILES string of the molecule is CCCOC1CC(C)C(O)C(C)C1. The molecule has 2 atom stereocenters. The smallest absolute Gasteiger partial charge is 0.0593 e. The molecule has 0 aliphatic heterocycles. The molecule has 13 heavy (non-hydrogen) atoms. The van der Waals surface area contributed by atoms with E-state index in [2.05, 4.69) is 20.8 Å². The van der Waals surface area contributed by atoms with Crippen molar-refractivity contribution in [3.8, 4) is 0 Å². The Morgan fingerprint density at radius 3 is 2.23 bits per heavy atom. The molecule has 1 saturated carbocycles. The van der Waals surface area contributed by atoms with Gasteiger partial charge in [0.25, 0.3) is 0 Å². The highest BCUT2D eigenvalue weighted by Crippen LogP contribution is 2.30. The van der Waals surface area contributed by atoms with E-state index >= 15 is 0 Å². The summed E-state index contributed by atoms with van der Waals surface area (Å²) in [5.41, 5.74) is 0. The predicted octanol–water partition coefficient (Wildman–Crippen LogP) is 2.21. The van der Waals surface area contributed by atoms with Gasteiger partial charge in [-0.1, -0.05) is 20.8 Å². The molecule has 1 aliphatic carbocycles. The van der Waals surface area contributed by atoms with Crippen molar-refractivity contribution >= 4 is 0 Å². The monoisotopic (exact) mass is 186 g/mol. The molecule has 0 aromatic heterocycles. The molecule has 2 heteroatoms. The topological polar surface area (TPSA) is 29.5 Å². The van der Waals surface area contributed by atoms with Crippen molar-refractivity contribution in [2.24, 2.45) is 11.8 Å². The molecule has 0 aromatic carbocycles. The maximum Gasteiger partial charge on any atom is 0.0593 e. The zero-order chi connectivity index (χ0) is 9.84. The third-order valence-corrected chi connectivity index (χ3v) is 2.99. The highest BCUT2D eigenvalue weighted by molar-refractivity contribution is 4.82. The van der Waals surface area contributed by atoms with Crippen molar-refractivity contribution in [1.29, 1.82) is 0 Å². The van der Waals surface area contributed by atoms with Crippen molar-refractivity contribution in [3.63, 3.8) is 0 Å². The fourth-order valence-corrected chi connectivity index (χ4v) is 2.19. The van der Waals surface area contributed by atoms with Gasteiger partial charge in [0.1, 0.15) is 0 Å². The molecule has 2 nitrogen and oxygen atoms in total. The molecule has 0 amide bonds. The Balaban J connectivity index is 2.35. The van der Waals surface area contributed by atoms with Gasteiger partial charge in [-0.15, -0.1) is 0 Å². The van der Waals surface area contributed by atoms with Gasteiger partial charge >= 0.3 is 0 Å². The zero-order valence-electron chi connectivity index (χ0n) is 8.99. The van der Waals surface area contributed by atoms with Crippen LogP contribution in [0.15, 0.2) is 0 Å². The number of hydrogen-bond acceptors (Lipinski definition) is 2. The predicted molar refractivity (Wildman–Crippen MR) is 53.6 cm³/mol. The van der Waals surface area contributed by atoms with Crippen molar-refractivity contribution < 1.29 is 9.84 Å². The number of rotatable bonds is 3. The third kappa shape index (κ3) is 2.96. The van der Waals surface area contributed by atoms with Crippen molar-refractivity contribution in [2.75, 3.05) is 6.61 Å². The molecule has 1 aliphatic rings. The van der Waals surface area contributed by atoms with Crippen LogP contribution in [0, 0.1) is 11.8 Å². The Bertz CT molecular complexity index is 135. The van der Waals surface area contributed by atoms with Gasteiger partial charge in [0.05, 0.1) is 12.2 Å². The molecule has 0 radical (unpaired) electrons. The molecule has 2 unspecified atom stereocenters. The molecule has 0 heterocycles. The molecule has 1 N–H and O–H groups in total. The maximum absolute atomic E-state index is 9.73. The minimum absolute atomic E-state index is 0.124. The van der Waals surface area contributed by atoms with Crippen molar-refractivity contribution in [2.45, 2.75) is 52.2 Å². The summed E-state index contributed by atoms with van der Waals surface area (Å²) in [5.74, 6) is 0.788. The van der Waals surface area contributed by atoms with Crippen LogP contribution in [0.5, 0.6) is 0 Å². The van der Waals surface area contributed by atoms with Crippen LogP contribution >= 0.6 is 0 Å². The molecule has 0 saturated heterocycles. The van der Waals surface area contributed by atoms with Crippen LogP contribution in [0.3, 0.4) is 0 Å². The Kier molecular flexibility index (Phi) is 4.20. The van der Waals surface area contributed by atoms with E-state index < -0.39 is 0 Å². The van der Waals surface area contributed by atoms with Gasteiger partial charge in [0, 0.05) is 6.61 Å². The summed E-state index contributed by atoms with van der Waals surface area (Å²) in [6.45, 7) is 7.22. The quantitative estimate of drug-likeness (QED) is 0.732. The first kappa shape index (κ1) is 11.0. The lowest BCUT2D eigenvalue weighted by Crippen LogP contribution is -2.37. The summed E-state index contributed by atoms with van der Waals surface area (Å²) in [4.78, 5) is 0. The van der Waals surface area contributed by atoms with Crippen LogP contribution in [0.2, 0.25) is 0 Å². The van der Waals surface area contributed by atoms with Crippen LogP contribution < -0.4 is 0 Å². The molecule has 78 valence electrons. The standard InChI is InChI=1S/C11H22O2/c1-4-5-13-10-6-8(2)11(12)9(3)7-10/h8-12H,4-7H2,1-3H3. The average Bonchev–Trinajstić information content (AvgIpc) is 2.10. The second kappa shape index (κ2) is 4.97. The summed E-state index contributed by atoms with van der Waals surface area (Å²) >= 11 is 0. The normalized spacial score (nSPS) is 40.6. The van der Waals surface area contributed by atoms with Crippen LogP contribution in [0.1, 0.15) is 40.0 Å². The zero-order valence-corrected chi connectivity index (χ0v) is 8.99. The van der Waals surface area contributed by atoms with E-state index in [1.54, 1.807) is 0 Å². The number of ether oxygens (including phenoxy) is 1. The fourth-order valence-electron chi connectivity index (χ4n) is 2.19. The van der Waals surface area contributed by atoms with Crippen LogP contribution in [-0.2, 0) is 4.74 Å². The summed E-state index contributed by atoms with van der Waals surface area (Å²) in [6.07, 6.45) is 3.38. The molecular formula is C11H22O2. The van der Waals surface area contributed by atoms with E-state index in [1.807, 2.05) is 0 Å². The Morgan fingerprint density at radius 2 is 1.77 bits per heavy atom. The summed E-state index contributed by atoms with van der Waals surface area (Å²) in [5, 5.41) is 9.73. The lowest BCUT2D eigenvalue weighted by atomic mass is 9.79. The second-order valence-electron chi connectivity index (χ2n) is 4.41. The lowest BCUT2D eigenvalue weighted by molar-refractivity contribution is -0.0562. The Labute approximate surface area is 81.3 Å². The lowest BCUT2D eigenvalue weighted by Gasteiger charge is -2.35. The first-order chi connectivity index (χ1) is 6.15. The van der Waals surface area contributed by atoms with Crippen molar-refractivity contribution in [1.82, 2.24) is 0 Å². The Morgan fingerprint density at radius 1 is 1.23 bits per heavy atom. The molecule has 0 aromatic rings. The highest BCUT2D eigenvalue weighted by atomic mass is 16.5. The first-order valence-electron chi connectivity index (χ1n) is 5.44. The van der Waals surface area contributed by atoms with E-state index in [0.29, 0.717) is 17.9 Å². The van der Waals surface area contributed by atoms with E-state index in [4.69, 9.17) is 4.74 Å². The largest absolute Gasteiger partial charge is 0.393 e. The number of aliphatic hydroxyl groups excluding tert-OH is 1. The van der Waals surface area contributed by atoms with Gasteiger partial charge in [-0.25, -0.2) is 0 Å². The average molecular weight is 186 g/mol. The van der Waals surface area contributed by atoms with Crippen LogP contribution in [0.4, 0.5) is 0 Å². The molecule has 1 fully saturated rings. The van der Waals surface area contributed by atoms with Gasteiger partial charge in [-0.2, -0.15) is 0 Å². The van der Waals surface area contributed by atoms with Gasteiger partial charge < -0.3 is 9.84 Å².